The first-order valence-corrected chi connectivity index (χ1v) is 13.4. The summed E-state index contributed by atoms with van der Waals surface area (Å²) in [5.74, 6) is -0.229. The lowest BCUT2D eigenvalue weighted by atomic mass is 9.93. The van der Waals surface area contributed by atoms with Crippen LogP contribution in [-0.4, -0.2) is 47.4 Å². The molecule has 1 aromatic heterocycles. The lowest BCUT2D eigenvalue weighted by Gasteiger charge is -2.38. The van der Waals surface area contributed by atoms with Gasteiger partial charge in [-0.2, -0.15) is 0 Å². The standard InChI is InChI=1S/C27H26Cl2N2O3S/c28-19-6-9-21(23(29)14-19)27-22-11-13-35-24(22)10-12-30(27)25(32)15-31(20-7-8-20)26(33)17-34-16-18-4-2-1-3-5-18/h1-6,9,11,13-14,20,27H,7-8,10,12,15-17H2. The lowest BCUT2D eigenvalue weighted by Crippen LogP contribution is -2.48. The van der Waals surface area contributed by atoms with Gasteiger partial charge in [0, 0.05) is 27.5 Å². The van der Waals surface area contributed by atoms with Gasteiger partial charge in [-0.05, 0) is 59.5 Å². The second-order valence-electron chi connectivity index (χ2n) is 8.94. The Kier molecular flexibility index (Phi) is 7.44. The number of halogens is 2. The van der Waals surface area contributed by atoms with Crippen LogP contribution in [0.3, 0.4) is 0 Å². The number of amides is 2. The van der Waals surface area contributed by atoms with Gasteiger partial charge in [0.1, 0.15) is 13.2 Å². The Morgan fingerprint density at radius 3 is 2.60 bits per heavy atom. The van der Waals surface area contributed by atoms with E-state index in [1.165, 1.54) is 4.88 Å². The van der Waals surface area contributed by atoms with Gasteiger partial charge in [0.05, 0.1) is 12.6 Å². The van der Waals surface area contributed by atoms with Crippen molar-refractivity contribution in [3.8, 4) is 0 Å². The number of hydrogen-bond donors (Lipinski definition) is 0. The van der Waals surface area contributed by atoms with Crippen molar-refractivity contribution in [2.24, 2.45) is 0 Å². The molecule has 3 aromatic rings. The molecule has 2 heterocycles. The molecule has 1 atom stereocenters. The van der Waals surface area contributed by atoms with Crippen molar-refractivity contribution < 1.29 is 14.3 Å². The van der Waals surface area contributed by atoms with Crippen LogP contribution in [0.15, 0.2) is 60.0 Å². The van der Waals surface area contributed by atoms with E-state index in [2.05, 4.69) is 11.4 Å². The maximum absolute atomic E-state index is 13.7. The molecule has 182 valence electrons. The highest BCUT2D eigenvalue weighted by molar-refractivity contribution is 7.10. The number of fused-ring (bicyclic) bond motifs is 1. The topological polar surface area (TPSA) is 49.9 Å². The van der Waals surface area contributed by atoms with Gasteiger partial charge in [-0.1, -0.05) is 59.6 Å². The van der Waals surface area contributed by atoms with Crippen molar-refractivity contribution >= 4 is 46.4 Å². The first-order chi connectivity index (χ1) is 17.0. The van der Waals surface area contributed by atoms with Crippen LogP contribution in [0.5, 0.6) is 0 Å². The Labute approximate surface area is 219 Å². The first-order valence-electron chi connectivity index (χ1n) is 11.7. The molecule has 0 spiro atoms. The van der Waals surface area contributed by atoms with E-state index in [0.717, 1.165) is 36.0 Å². The number of ether oxygens (including phenoxy) is 1. The minimum absolute atomic E-state index is 0.0410. The van der Waals surface area contributed by atoms with Crippen LogP contribution < -0.4 is 0 Å². The molecular weight excluding hydrogens is 503 g/mol. The monoisotopic (exact) mass is 528 g/mol. The van der Waals surface area contributed by atoms with E-state index in [1.807, 2.05) is 41.3 Å². The maximum Gasteiger partial charge on any atom is 0.249 e. The second-order valence-corrected chi connectivity index (χ2v) is 10.8. The lowest BCUT2D eigenvalue weighted by molar-refractivity contribution is -0.145. The molecular formula is C27H26Cl2N2O3S. The van der Waals surface area contributed by atoms with Crippen molar-refractivity contribution in [3.05, 3.63) is 91.6 Å². The molecule has 2 amide bonds. The minimum Gasteiger partial charge on any atom is -0.367 e. The molecule has 0 bridgehead atoms. The van der Waals surface area contributed by atoms with Crippen LogP contribution >= 0.6 is 34.5 Å². The van der Waals surface area contributed by atoms with Gasteiger partial charge in [0.2, 0.25) is 11.8 Å². The highest BCUT2D eigenvalue weighted by Crippen LogP contribution is 2.41. The van der Waals surface area contributed by atoms with E-state index in [9.17, 15) is 9.59 Å². The van der Waals surface area contributed by atoms with E-state index in [0.29, 0.717) is 23.2 Å². The average molecular weight is 529 g/mol. The zero-order valence-corrected chi connectivity index (χ0v) is 21.5. The fraction of sp³-hybridized carbons (Fsp3) is 0.333. The molecule has 2 aromatic carbocycles. The normalized spacial score (nSPS) is 17.2. The Morgan fingerprint density at radius 2 is 1.86 bits per heavy atom. The number of rotatable bonds is 8. The van der Waals surface area contributed by atoms with Crippen LogP contribution in [0.1, 0.15) is 40.5 Å². The summed E-state index contributed by atoms with van der Waals surface area (Å²) in [4.78, 5) is 31.5. The molecule has 1 aliphatic carbocycles. The first kappa shape index (κ1) is 24.3. The van der Waals surface area contributed by atoms with Crippen LogP contribution in [0.4, 0.5) is 0 Å². The molecule has 1 fully saturated rings. The summed E-state index contributed by atoms with van der Waals surface area (Å²) in [6.45, 7) is 0.940. The van der Waals surface area contributed by atoms with E-state index < -0.39 is 0 Å². The van der Waals surface area contributed by atoms with E-state index in [-0.39, 0.29) is 37.0 Å². The van der Waals surface area contributed by atoms with E-state index in [1.54, 1.807) is 28.4 Å². The highest BCUT2D eigenvalue weighted by Gasteiger charge is 2.38. The van der Waals surface area contributed by atoms with Gasteiger partial charge in [-0.25, -0.2) is 0 Å². The van der Waals surface area contributed by atoms with E-state index >= 15 is 0 Å². The molecule has 1 saturated carbocycles. The van der Waals surface area contributed by atoms with E-state index in [4.69, 9.17) is 27.9 Å². The SMILES string of the molecule is O=C(COCc1ccccc1)N(CC(=O)N1CCc2sccc2C1c1ccc(Cl)cc1Cl)C1CC1. The van der Waals surface area contributed by atoms with Gasteiger partial charge in [0.25, 0.3) is 0 Å². The predicted molar refractivity (Wildman–Crippen MR) is 139 cm³/mol. The van der Waals surface area contributed by atoms with Gasteiger partial charge in [-0.3, -0.25) is 9.59 Å². The summed E-state index contributed by atoms with van der Waals surface area (Å²) < 4.78 is 5.68. The average Bonchev–Trinajstić information content (AvgIpc) is 3.58. The molecule has 1 aliphatic heterocycles. The van der Waals surface area contributed by atoms with Crippen LogP contribution in [0, 0.1) is 0 Å². The summed E-state index contributed by atoms with van der Waals surface area (Å²) in [6, 6.07) is 17.0. The van der Waals surface area contributed by atoms with Crippen molar-refractivity contribution in [1.29, 1.82) is 0 Å². The Hall–Kier alpha value is -2.38. The number of carbonyl (C=O) groups excluding carboxylic acids is 2. The molecule has 35 heavy (non-hydrogen) atoms. The van der Waals surface area contributed by atoms with Crippen LogP contribution in [0.2, 0.25) is 10.0 Å². The van der Waals surface area contributed by atoms with Crippen molar-refractivity contribution in [2.45, 2.75) is 38.0 Å². The van der Waals surface area contributed by atoms with Crippen molar-refractivity contribution in [3.63, 3.8) is 0 Å². The van der Waals surface area contributed by atoms with Gasteiger partial charge in [0.15, 0.2) is 0 Å². The minimum atomic E-state index is -0.298. The number of thiophene rings is 1. The molecule has 5 rings (SSSR count). The zero-order valence-electron chi connectivity index (χ0n) is 19.2. The number of benzene rings is 2. The second kappa shape index (κ2) is 10.7. The largest absolute Gasteiger partial charge is 0.367 e. The predicted octanol–water partition coefficient (Wildman–Crippen LogP) is 5.74. The molecule has 5 nitrogen and oxygen atoms in total. The summed E-state index contributed by atoms with van der Waals surface area (Å²) in [5, 5.41) is 3.14. The van der Waals surface area contributed by atoms with Gasteiger partial charge in [-0.15, -0.1) is 11.3 Å². The third kappa shape index (κ3) is 5.56. The summed E-state index contributed by atoms with van der Waals surface area (Å²) in [7, 11) is 0. The third-order valence-corrected chi connectivity index (χ3v) is 8.05. The Bertz CT molecular complexity index is 1210. The molecule has 1 unspecified atom stereocenters. The number of carbonyl (C=O) groups is 2. The van der Waals surface area contributed by atoms with Crippen LogP contribution in [0.25, 0.3) is 0 Å². The molecule has 0 radical (unpaired) electrons. The molecule has 0 saturated heterocycles. The Balaban J connectivity index is 1.31. The van der Waals surface area contributed by atoms with Gasteiger partial charge >= 0.3 is 0 Å². The maximum atomic E-state index is 13.7. The summed E-state index contributed by atoms with van der Waals surface area (Å²) in [5.41, 5.74) is 2.95. The zero-order chi connectivity index (χ0) is 24.4. The molecule has 8 heteroatoms. The fourth-order valence-electron chi connectivity index (χ4n) is 4.60. The summed E-state index contributed by atoms with van der Waals surface area (Å²) >= 11 is 14.4. The van der Waals surface area contributed by atoms with Crippen LogP contribution in [-0.2, 0) is 27.4 Å². The highest BCUT2D eigenvalue weighted by atomic mass is 35.5. The smallest absolute Gasteiger partial charge is 0.249 e. The van der Waals surface area contributed by atoms with Gasteiger partial charge < -0.3 is 14.5 Å². The molecule has 2 aliphatic rings. The van der Waals surface area contributed by atoms with Crippen molar-refractivity contribution in [2.75, 3.05) is 19.7 Å². The number of nitrogens with zero attached hydrogens (tertiary/aromatic N) is 2. The van der Waals surface area contributed by atoms with Crippen molar-refractivity contribution in [1.82, 2.24) is 9.80 Å². The third-order valence-electron chi connectivity index (χ3n) is 6.49. The quantitative estimate of drug-likeness (QED) is 0.374. The fourth-order valence-corrected chi connectivity index (χ4v) is 6.02. The Morgan fingerprint density at radius 1 is 1.06 bits per heavy atom. The molecule has 0 N–H and O–H groups in total. The summed E-state index contributed by atoms with van der Waals surface area (Å²) in [6.07, 6.45) is 2.62. The number of hydrogen-bond acceptors (Lipinski definition) is 4.